The number of ketones is 1. The maximum Gasteiger partial charge on any atom is 0.193 e. The fourth-order valence-corrected chi connectivity index (χ4v) is 2.21. The minimum Gasteiger partial charge on any atom is -0.368 e. The largest absolute Gasteiger partial charge is 0.368 e. The smallest absolute Gasteiger partial charge is 0.193 e. The number of amidine groups is 1. The van der Waals surface area contributed by atoms with Gasteiger partial charge < -0.3 is 5.32 Å². The lowest BCUT2D eigenvalue weighted by atomic mass is 9.98. The molecule has 0 amide bonds. The topological polar surface area (TPSA) is 41.5 Å². The van der Waals surface area contributed by atoms with Crippen LogP contribution in [0.4, 0.5) is 0 Å². The van der Waals surface area contributed by atoms with E-state index in [2.05, 4.69) is 10.3 Å². The number of carbonyl (C=O) groups is 1. The number of benzene rings is 2. The number of nitrogens with zero attached hydrogens (tertiary/aromatic N) is 1. The summed E-state index contributed by atoms with van der Waals surface area (Å²) in [5, 5.41) is 3.22. The van der Waals surface area contributed by atoms with Gasteiger partial charge in [0.05, 0.1) is 6.54 Å². The minimum absolute atomic E-state index is 0. The Balaban J connectivity index is 0.00000147. The zero-order valence-electron chi connectivity index (χ0n) is 10.9. The van der Waals surface area contributed by atoms with Gasteiger partial charge in [-0.05, 0) is 0 Å². The molecule has 0 aromatic heterocycles. The molecule has 0 atom stereocenters. The first-order valence-electron chi connectivity index (χ1n) is 6.34. The van der Waals surface area contributed by atoms with Crippen molar-refractivity contribution in [3.05, 3.63) is 71.3 Å². The number of halogens is 1. The van der Waals surface area contributed by atoms with Crippen LogP contribution < -0.4 is 5.32 Å². The molecule has 0 bridgehead atoms. The molecule has 3 nitrogen and oxygen atoms in total. The lowest BCUT2D eigenvalue weighted by molar-refractivity contribution is 0.103. The summed E-state index contributed by atoms with van der Waals surface area (Å²) in [7, 11) is 0. The number of hydrogen-bond donors (Lipinski definition) is 1. The molecule has 102 valence electrons. The summed E-state index contributed by atoms with van der Waals surface area (Å²) in [5.41, 5.74) is 2.28. The second-order valence-electron chi connectivity index (χ2n) is 4.40. The van der Waals surface area contributed by atoms with E-state index in [1.165, 1.54) is 0 Å². The fourth-order valence-electron chi connectivity index (χ4n) is 2.21. The van der Waals surface area contributed by atoms with E-state index in [0.29, 0.717) is 11.1 Å². The van der Waals surface area contributed by atoms with Crippen LogP contribution in [0.3, 0.4) is 0 Å². The van der Waals surface area contributed by atoms with E-state index in [9.17, 15) is 4.79 Å². The van der Waals surface area contributed by atoms with Crippen molar-refractivity contribution in [1.82, 2.24) is 5.32 Å². The molecule has 0 aliphatic carbocycles. The van der Waals surface area contributed by atoms with Gasteiger partial charge in [-0.1, -0.05) is 54.6 Å². The van der Waals surface area contributed by atoms with Crippen molar-refractivity contribution in [2.45, 2.75) is 0 Å². The highest BCUT2D eigenvalue weighted by atomic mass is 79.9. The Labute approximate surface area is 128 Å². The van der Waals surface area contributed by atoms with Crippen LogP contribution >= 0.6 is 17.0 Å². The van der Waals surface area contributed by atoms with E-state index < -0.39 is 0 Å². The third kappa shape index (κ3) is 2.80. The van der Waals surface area contributed by atoms with Crippen molar-refractivity contribution < 1.29 is 4.79 Å². The molecule has 1 aliphatic heterocycles. The van der Waals surface area contributed by atoms with Crippen LogP contribution in [0, 0.1) is 0 Å². The standard InChI is InChI=1S/C16H14N2O.BrH/c19-15(12-6-2-1-3-7-12)13-8-4-5-9-14(13)16-17-10-11-18-16;/h1-9H,10-11H2,(H,17,18);1H. The highest BCUT2D eigenvalue weighted by molar-refractivity contribution is 8.93. The molecule has 3 rings (SSSR count). The number of rotatable bonds is 3. The van der Waals surface area contributed by atoms with Crippen molar-refractivity contribution in [3.63, 3.8) is 0 Å². The van der Waals surface area contributed by atoms with Crippen LogP contribution in [0.5, 0.6) is 0 Å². The normalized spacial score (nSPS) is 13.1. The highest BCUT2D eigenvalue weighted by Gasteiger charge is 2.17. The van der Waals surface area contributed by atoms with Crippen molar-refractivity contribution in [1.29, 1.82) is 0 Å². The fraction of sp³-hybridized carbons (Fsp3) is 0.125. The van der Waals surface area contributed by atoms with Gasteiger partial charge in [-0.15, -0.1) is 17.0 Å². The van der Waals surface area contributed by atoms with Gasteiger partial charge in [0.15, 0.2) is 5.78 Å². The number of nitrogens with one attached hydrogen (secondary N) is 1. The Hall–Kier alpha value is -1.94. The van der Waals surface area contributed by atoms with Gasteiger partial charge >= 0.3 is 0 Å². The summed E-state index contributed by atoms with van der Waals surface area (Å²) in [6.07, 6.45) is 0. The summed E-state index contributed by atoms with van der Waals surface area (Å²) < 4.78 is 0. The van der Waals surface area contributed by atoms with Crippen LogP contribution in [0.2, 0.25) is 0 Å². The minimum atomic E-state index is 0. The van der Waals surface area contributed by atoms with Crippen LogP contribution in [-0.2, 0) is 0 Å². The summed E-state index contributed by atoms with van der Waals surface area (Å²) >= 11 is 0. The summed E-state index contributed by atoms with van der Waals surface area (Å²) in [6, 6.07) is 16.9. The summed E-state index contributed by atoms with van der Waals surface area (Å²) in [6.45, 7) is 1.60. The van der Waals surface area contributed by atoms with E-state index in [0.717, 1.165) is 24.5 Å². The van der Waals surface area contributed by atoms with Crippen LogP contribution in [-0.4, -0.2) is 24.7 Å². The molecular weight excluding hydrogens is 316 g/mol. The monoisotopic (exact) mass is 330 g/mol. The van der Waals surface area contributed by atoms with Crippen molar-refractivity contribution in [3.8, 4) is 0 Å². The average Bonchev–Trinajstić information content (AvgIpc) is 3.01. The maximum absolute atomic E-state index is 12.5. The first kappa shape index (κ1) is 14.5. The average molecular weight is 331 g/mol. The molecule has 2 aromatic carbocycles. The van der Waals surface area contributed by atoms with E-state index >= 15 is 0 Å². The predicted molar refractivity (Wildman–Crippen MR) is 86.0 cm³/mol. The Morgan fingerprint density at radius 2 is 1.70 bits per heavy atom. The summed E-state index contributed by atoms with van der Waals surface area (Å²) in [4.78, 5) is 16.9. The molecule has 2 aromatic rings. The molecule has 4 heteroatoms. The third-order valence-corrected chi connectivity index (χ3v) is 3.14. The molecule has 1 N–H and O–H groups in total. The van der Waals surface area contributed by atoms with Gasteiger partial charge in [0.25, 0.3) is 0 Å². The first-order chi connectivity index (χ1) is 9.36. The van der Waals surface area contributed by atoms with Gasteiger partial charge in [0, 0.05) is 23.2 Å². The Kier molecular flexibility index (Phi) is 4.69. The van der Waals surface area contributed by atoms with Crippen molar-refractivity contribution >= 4 is 28.6 Å². The van der Waals surface area contributed by atoms with Crippen molar-refractivity contribution in [2.75, 3.05) is 13.1 Å². The maximum atomic E-state index is 12.5. The Morgan fingerprint density at radius 3 is 2.40 bits per heavy atom. The first-order valence-corrected chi connectivity index (χ1v) is 6.34. The molecule has 0 radical (unpaired) electrons. The van der Waals surface area contributed by atoms with E-state index in [4.69, 9.17) is 0 Å². The highest BCUT2D eigenvalue weighted by Crippen LogP contribution is 2.16. The van der Waals surface area contributed by atoms with Gasteiger partial charge in [-0.25, -0.2) is 0 Å². The Morgan fingerprint density at radius 1 is 1.00 bits per heavy atom. The molecule has 0 saturated heterocycles. The zero-order chi connectivity index (χ0) is 13.1. The summed E-state index contributed by atoms with van der Waals surface area (Å²) in [5.74, 6) is 0.854. The molecule has 20 heavy (non-hydrogen) atoms. The van der Waals surface area contributed by atoms with Gasteiger partial charge in [-0.3, -0.25) is 9.79 Å². The second-order valence-corrected chi connectivity index (χ2v) is 4.40. The lowest BCUT2D eigenvalue weighted by Gasteiger charge is -2.09. The van der Waals surface area contributed by atoms with Gasteiger partial charge in [0.1, 0.15) is 5.84 Å². The second kappa shape index (κ2) is 6.48. The molecule has 1 aliphatic rings. The van der Waals surface area contributed by atoms with E-state index in [1.54, 1.807) is 0 Å². The zero-order valence-corrected chi connectivity index (χ0v) is 12.6. The molecular formula is C16H15BrN2O. The van der Waals surface area contributed by atoms with E-state index in [-0.39, 0.29) is 22.8 Å². The molecule has 1 heterocycles. The quantitative estimate of drug-likeness (QED) is 0.879. The molecule has 0 spiro atoms. The van der Waals surface area contributed by atoms with Crippen LogP contribution in [0.15, 0.2) is 59.6 Å². The number of carbonyl (C=O) groups excluding carboxylic acids is 1. The molecule has 0 unspecified atom stereocenters. The lowest BCUT2D eigenvalue weighted by Crippen LogP contribution is -2.22. The SMILES string of the molecule is Br.O=C(c1ccccc1)c1ccccc1C1=NCCN1. The number of aliphatic imine (C=N–C) groups is 1. The predicted octanol–water partition coefficient (Wildman–Crippen LogP) is 2.85. The molecule has 0 fully saturated rings. The molecule has 0 saturated carbocycles. The van der Waals surface area contributed by atoms with E-state index in [1.807, 2.05) is 54.6 Å². The van der Waals surface area contributed by atoms with Crippen LogP contribution in [0.25, 0.3) is 0 Å². The number of hydrogen-bond acceptors (Lipinski definition) is 3. The van der Waals surface area contributed by atoms with Crippen LogP contribution in [0.1, 0.15) is 21.5 Å². The van der Waals surface area contributed by atoms with Gasteiger partial charge in [0.2, 0.25) is 0 Å². The third-order valence-electron chi connectivity index (χ3n) is 3.14. The van der Waals surface area contributed by atoms with Crippen molar-refractivity contribution in [2.24, 2.45) is 4.99 Å². The van der Waals surface area contributed by atoms with Gasteiger partial charge in [-0.2, -0.15) is 0 Å². The Bertz CT molecular complexity index is 638.